The highest BCUT2D eigenvalue weighted by molar-refractivity contribution is 7.99. The molecule has 1 heterocycles. The average Bonchev–Trinajstić information content (AvgIpc) is 3.36. The number of rotatable bonds is 9. The van der Waals surface area contributed by atoms with Crippen molar-refractivity contribution in [3.8, 4) is 17.1 Å². The van der Waals surface area contributed by atoms with Gasteiger partial charge in [-0.1, -0.05) is 48.2 Å². The molecular weight excluding hydrogens is 516 g/mol. The lowest BCUT2D eigenvalue weighted by Crippen LogP contribution is -2.18. The number of carbonyl (C=O) groups is 2. The van der Waals surface area contributed by atoms with Gasteiger partial charge in [0.1, 0.15) is 5.75 Å². The number of ether oxygens (including phenoxy) is 1. The molecule has 0 aliphatic heterocycles. The van der Waals surface area contributed by atoms with Crippen LogP contribution >= 0.6 is 11.8 Å². The molecule has 192 valence electrons. The third-order valence-electron chi connectivity index (χ3n) is 5.11. The molecule has 0 fully saturated rings. The van der Waals surface area contributed by atoms with Crippen molar-refractivity contribution >= 4 is 40.6 Å². The maximum absolute atomic E-state index is 13.2. The second kappa shape index (κ2) is 11.3. The van der Waals surface area contributed by atoms with Gasteiger partial charge in [0.05, 0.1) is 34.5 Å². The molecule has 1 N–H and O–H groups in total. The van der Waals surface area contributed by atoms with Gasteiger partial charge in [-0.25, -0.2) is 4.98 Å². The van der Waals surface area contributed by atoms with Crippen molar-refractivity contribution in [2.45, 2.75) is 5.16 Å². The molecule has 1 amide bonds. The fourth-order valence-corrected chi connectivity index (χ4v) is 4.05. The number of nitro groups is 2. The molecule has 0 atom stereocenters. The fourth-order valence-electron chi connectivity index (χ4n) is 3.32. The van der Waals surface area contributed by atoms with Crippen LogP contribution in [0.3, 0.4) is 0 Å². The number of carbonyl (C=O) groups excluding carboxylic acids is 2. The summed E-state index contributed by atoms with van der Waals surface area (Å²) in [4.78, 5) is 51.3. The number of nitrogens with one attached hydrogen (secondary N) is 1. The van der Waals surface area contributed by atoms with Gasteiger partial charge < -0.3 is 10.1 Å². The summed E-state index contributed by atoms with van der Waals surface area (Å²) in [7, 11) is 1.32. The lowest BCUT2D eigenvalue weighted by Gasteiger charge is -2.10. The van der Waals surface area contributed by atoms with Crippen LogP contribution in [0.1, 0.15) is 10.4 Å². The van der Waals surface area contributed by atoms with Gasteiger partial charge in [-0.3, -0.25) is 29.8 Å². The molecule has 0 saturated carbocycles. The summed E-state index contributed by atoms with van der Waals surface area (Å²) in [6.45, 7) is 0. The Morgan fingerprint density at radius 1 is 0.974 bits per heavy atom. The minimum Gasteiger partial charge on any atom is -0.494 e. The SMILES string of the molecule is COc1cc([N+](=O)[O-])ccc1NC(=O)CSc1nc(-c2ccccc2)nn1C(=O)c1cccc([N+](=O)[O-])c1. The van der Waals surface area contributed by atoms with E-state index in [-0.39, 0.29) is 45.1 Å². The Balaban J connectivity index is 1.59. The Labute approximate surface area is 218 Å². The molecule has 0 saturated heterocycles. The number of benzene rings is 3. The zero-order valence-electron chi connectivity index (χ0n) is 19.6. The van der Waals surface area contributed by atoms with E-state index in [9.17, 15) is 29.8 Å². The van der Waals surface area contributed by atoms with Crippen molar-refractivity contribution in [2.24, 2.45) is 0 Å². The van der Waals surface area contributed by atoms with Crippen molar-refractivity contribution in [2.75, 3.05) is 18.2 Å². The number of methoxy groups -OCH3 is 1. The summed E-state index contributed by atoms with van der Waals surface area (Å²) >= 11 is 0.918. The largest absolute Gasteiger partial charge is 0.494 e. The summed E-state index contributed by atoms with van der Waals surface area (Å²) in [5.74, 6) is -1.03. The number of non-ortho nitro benzene ring substituents is 2. The molecule has 0 aliphatic carbocycles. The molecule has 4 aromatic rings. The summed E-state index contributed by atoms with van der Waals surface area (Å²) in [6.07, 6.45) is 0. The number of hydrogen-bond acceptors (Lipinski definition) is 10. The number of thioether (sulfide) groups is 1. The third-order valence-corrected chi connectivity index (χ3v) is 6.04. The van der Waals surface area contributed by atoms with Crippen molar-refractivity contribution in [3.05, 3.63) is 98.6 Å². The Kier molecular flexibility index (Phi) is 7.72. The summed E-state index contributed by atoms with van der Waals surface area (Å²) in [5.41, 5.74) is 0.411. The zero-order chi connectivity index (χ0) is 27.2. The number of hydrogen-bond donors (Lipinski definition) is 1. The van der Waals surface area contributed by atoms with Gasteiger partial charge in [-0.2, -0.15) is 4.68 Å². The number of aromatic nitrogens is 3. The first-order chi connectivity index (χ1) is 18.3. The van der Waals surface area contributed by atoms with Gasteiger partial charge in [0, 0.05) is 29.3 Å². The number of nitro benzene ring substituents is 2. The molecule has 1 aromatic heterocycles. The van der Waals surface area contributed by atoms with Crippen LogP contribution in [0.15, 0.2) is 78.0 Å². The van der Waals surface area contributed by atoms with E-state index in [4.69, 9.17) is 4.74 Å². The van der Waals surface area contributed by atoms with Crippen LogP contribution in [0.25, 0.3) is 11.4 Å². The van der Waals surface area contributed by atoms with Gasteiger partial charge in [0.25, 0.3) is 17.3 Å². The van der Waals surface area contributed by atoms with Crippen molar-refractivity contribution in [3.63, 3.8) is 0 Å². The predicted octanol–water partition coefficient (Wildman–Crippen LogP) is 4.19. The highest BCUT2D eigenvalue weighted by Crippen LogP contribution is 2.30. The first kappa shape index (κ1) is 26.0. The number of nitrogens with zero attached hydrogens (tertiary/aromatic N) is 5. The Bertz CT molecular complexity index is 1540. The molecular formula is C24H18N6O7S. The van der Waals surface area contributed by atoms with Crippen molar-refractivity contribution < 1.29 is 24.2 Å². The van der Waals surface area contributed by atoms with E-state index in [1.807, 2.05) is 0 Å². The van der Waals surface area contributed by atoms with Crippen LogP contribution in [0, 0.1) is 20.2 Å². The summed E-state index contributed by atoms with van der Waals surface area (Å²) in [5, 5.41) is 29.2. The molecule has 4 rings (SSSR count). The minimum atomic E-state index is -0.664. The standard InChI is InChI=1S/C24H18N6O7S/c1-37-20-13-18(30(35)36)10-11-19(20)25-21(31)14-38-24-26-22(15-6-3-2-4-7-15)27-28(24)23(32)16-8-5-9-17(12-16)29(33)34/h2-13H,14H2,1H3,(H,25,31). The normalized spacial score (nSPS) is 10.6. The van der Waals surface area contributed by atoms with Gasteiger partial charge >= 0.3 is 0 Å². The molecule has 0 bridgehead atoms. The zero-order valence-corrected chi connectivity index (χ0v) is 20.5. The van der Waals surface area contributed by atoms with Crippen LogP contribution in [0.2, 0.25) is 0 Å². The van der Waals surface area contributed by atoms with Crippen LogP contribution in [-0.4, -0.2) is 49.3 Å². The summed E-state index contributed by atoms with van der Waals surface area (Å²) in [6, 6.07) is 17.8. The first-order valence-corrected chi connectivity index (χ1v) is 11.8. The van der Waals surface area contributed by atoms with Gasteiger partial charge in [0.2, 0.25) is 5.91 Å². The molecule has 3 aromatic carbocycles. The van der Waals surface area contributed by atoms with Gasteiger partial charge in [0.15, 0.2) is 11.0 Å². The van der Waals surface area contributed by atoms with Crippen LogP contribution < -0.4 is 10.1 Å². The minimum absolute atomic E-state index is 0.0191. The van der Waals surface area contributed by atoms with Crippen molar-refractivity contribution in [1.29, 1.82) is 0 Å². The van der Waals surface area contributed by atoms with E-state index in [1.54, 1.807) is 30.3 Å². The van der Waals surface area contributed by atoms with E-state index in [1.165, 1.54) is 43.5 Å². The van der Waals surface area contributed by atoms with Gasteiger partial charge in [-0.15, -0.1) is 5.10 Å². The lowest BCUT2D eigenvalue weighted by molar-refractivity contribution is -0.385. The first-order valence-electron chi connectivity index (χ1n) is 10.8. The predicted molar refractivity (Wildman–Crippen MR) is 137 cm³/mol. The van der Waals surface area contributed by atoms with E-state index in [0.717, 1.165) is 22.5 Å². The van der Waals surface area contributed by atoms with E-state index in [0.29, 0.717) is 5.56 Å². The van der Waals surface area contributed by atoms with Gasteiger partial charge in [-0.05, 0) is 12.1 Å². The quantitative estimate of drug-likeness (QED) is 0.186. The van der Waals surface area contributed by atoms with E-state index >= 15 is 0 Å². The van der Waals surface area contributed by atoms with E-state index in [2.05, 4.69) is 15.4 Å². The smallest absolute Gasteiger partial charge is 0.280 e. The molecule has 14 heteroatoms. The third kappa shape index (κ3) is 5.82. The second-order valence-corrected chi connectivity index (χ2v) is 8.53. The molecule has 0 unspecified atom stereocenters. The maximum atomic E-state index is 13.2. The average molecular weight is 535 g/mol. The molecule has 0 aliphatic rings. The Morgan fingerprint density at radius 3 is 2.37 bits per heavy atom. The molecule has 0 spiro atoms. The topological polar surface area (TPSA) is 172 Å². The van der Waals surface area contributed by atoms with Crippen LogP contribution in [0.4, 0.5) is 17.1 Å². The van der Waals surface area contributed by atoms with E-state index < -0.39 is 21.7 Å². The second-order valence-electron chi connectivity index (χ2n) is 7.59. The van der Waals surface area contributed by atoms with Crippen LogP contribution in [-0.2, 0) is 4.79 Å². The Morgan fingerprint density at radius 2 is 1.68 bits per heavy atom. The van der Waals surface area contributed by atoms with Crippen molar-refractivity contribution in [1.82, 2.24) is 14.8 Å². The highest BCUT2D eigenvalue weighted by Gasteiger charge is 2.22. The maximum Gasteiger partial charge on any atom is 0.280 e. The molecule has 0 radical (unpaired) electrons. The number of amides is 1. The molecule has 38 heavy (non-hydrogen) atoms. The summed E-state index contributed by atoms with van der Waals surface area (Å²) < 4.78 is 6.13. The monoisotopic (exact) mass is 534 g/mol. The number of anilines is 1. The lowest BCUT2D eigenvalue weighted by atomic mass is 10.2. The Hall–Kier alpha value is -5.11. The molecule has 13 nitrogen and oxygen atoms in total. The fraction of sp³-hybridized carbons (Fsp3) is 0.0833. The highest BCUT2D eigenvalue weighted by atomic mass is 32.2. The van der Waals surface area contributed by atoms with Crippen LogP contribution in [0.5, 0.6) is 5.75 Å².